The molecule has 1 aliphatic rings. The second kappa shape index (κ2) is 8.16. The number of nitrogens with one attached hydrogen (secondary N) is 2. The van der Waals surface area contributed by atoms with Crippen molar-refractivity contribution in [2.24, 2.45) is 0 Å². The SMILES string of the molecule is CCCCOc1ccc(C(=O)NNC(=O)c2cc3c(s2)CCC3)cc1. The van der Waals surface area contributed by atoms with Gasteiger partial charge in [0, 0.05) is 10.4 Å². The lowest BCUT2D eigenvalue weighted by Crippen LogP contribution is -2.41. The topological polar surface area (TPSA) is 67.4 Å². The summed E-state index contributed by atoms with van der Waals surface area (Å²) in [4.78, 5) is 26.2. The van der Waals surface area contributed by atoms with Gasteiger partial charge in [-0.15, -0.1) is 11.3 Å². The Morgan fingerprint density at radius 1 is 1.12 bits per heavy atom. The lowest BCUT2D eigenvalue weighted by Gasteiger charge is -2.08. The molecule has 2 amide bonds. The zero-order chi connectivity index (χ0) is 17.6. The molecule has 2 N–H and O–H groups in total. The average Bonchev–Trinajstić information content (AvgIpc) is 3.22. The highest BCUT2D eigenvalue weighted by atomic mass is 32.1. The van der Waals surface area contributed by atoms with Crippen molar-refractivity contribution in [2.45, 2.75) is 39.0 Å². The summed E-state index contributed by atoms with van der Waals surface area (Å²) in [5.41, 5.74) is 6.68. The smallest absolute Gasteiger partial charge is 0.279 e. The summed E-state index contributed by atoms with van der Waals surface area (Å²) in [6, 6.07) is 8.81. The van der Waals surface area contributed by atoms with Gasteiger partial charge in [-0.25, -0.2) is 0 Å². The van der Waals surface area contributed by atoms with Crippen LogP contribution in [0.15, 0.2) is 30.3 Å². The summed E-state index contributed by atoms with van der Waals surface area (Å²) in [6.45, 7) is 2.78. The van der Waals surface area contributed by atoms with Crippen molar-refractivity contribution in [1.82, 2.24) is 10.9 Å². The summed E-state index contributed by atoms with van der Waals surface area (Å²) in [6.07, 6.45) is 5.33. The molecule has 2 aromatic rings. The van der Waals surface area contributed by atoms with Crippen molar-refractivity contribution < 1.29 is 14.3 Å². The highest BCUT2D eigenvalue weighted by Crippen LogP contribution is 2.30. The lowest BCUT2D eigenvalue weighted by molar-refractivity contribution is 0.0849. The van der Waals surface area contributed by atoms with Crippen LogP contribution < -0.4 is 15.6 Å². The number of hydrazine groups is 1. The van der Waals surface area contributed by atoms with E-state index in [2.05, 4.69) is 17.8 Å². The Bertz CT molecular complexity index is 731. The molecule has 0 aliphatic heterocycles. The number of aryl methyl sites for hydroxylation is 2. The average molecular weight is 358 g/mol. The van der Waals surface area contributed by atoms with E-state index < -0.39 is 0 Å². The first-order valence-corrected chi connectivity index (χ1v) is 9.44. The van der Waals surface area contributed by atoms with E-state index in [4.69, 9.17) is 4.74 Å². The van der Waals surface area contributed by atoms with Crippen LogP contribution >= 0.6 is 11.3 Å². The van der Waals surface area contributed by atoms with Gasteiger partial charge in [0.25, 0.3) is 11.8 Å². The molecule has 0 unspecified atom stereocenters. The molecule has 0 fully saturated rings. The van der Waals surface area contributed by atoms with Crippen LogP contribution in [-0.2, 0) is 12.8 Å². The quantitative estimate of drug-likeness (QED) is 0.613. The Labute approximate surface area is 151 Å². The van der Waals surface area contributed by atoms with Crippen molar-refractivity contribution in [2.75, 3.05) is 6.61 Å². The van der Waals surface area contributed by atoms with E-state index in [0.29, 0.717) is 17.0 Å². The van der Waals surface area contributed by atoms with E-state index in [0.717, 1.165) is 37.9 Å². The number of hydrogen-bond donors (Lipinski definition) is 2. The van der Waals surface area contributed by atoms with Gasteiger partial charge < -0.3 is 4.74 Å². The van der Waals surface area contributed by atoms with E-state index in [1.54, 1.807) is 24.3 Å². The van der Waals surface area contributed by atoms with E-state index in [1.165, 1.54) is 21.8 Å². The fourth-order valence-electron chi connectivity index (χ4n) is 2.73. The summed E-state index contributed by atoms with van der Waals surface area (Å²) in [7, 11) is 0. The van der Waals surface area contributed by atoms with E-state index in [9.17, 15) is 9.59 Å². The second-order valence-electron chi connectivity index (χ2n) is 6.05. The van der Waals surface area contributed by atoms with Gasteiger partial charge in [0.05, 0.1) is 11.5 Å². The number of unbranched alkanes of at least 4 members (excludes halogenated alkanes) is 1. The van der Waals surface area contributed by atoms with Gasteiger partial charge in [-0.2, -0.15) is 0 Å². The number of benzene rings is 1. The zero-order valence-electron chi connectivity index (χ0n) is 14.3. The van der Waals surface area contributed by atoms with Crippen molar-refractivity contribution in [3.05, 3.63) is 51.2 Å². The highest BCUT2D eigenvalue weighted by Gasteiger charge is 2.18. The number of ether oxygens (including phenoxy) is 1. The van der Waals surface area contributed by atoms with Crippen LogP contribution in [0.25, 0.3) is 0 Å². The van der Waals surface area contributed by atoms with Crippen molar-refractivity contribution in [3.63, 3.8) is 0 Å². The molecule has 1 aromatic carbocycles. The van der Waals surface area contributed by atoms with Crippen LogP contribution in [0.4, 0.5) is 0 Å². The third kappa shape index (κ3) is 4.39. The molecule has 5 nitrogen and oxygen atoms in total. The monoisotopic (exact) mass is 358 g/mol. The molecule has 0 atom stereocenters. The maximum Gasteiger partial charge on any atom is 0.279 e. The van der Waals surface area contributed by atoms with Crippen LogP contribution in [0.1, 0.15) is 56.7 Å². The van der Waals surface area contributed by atoms with Gasteiger partial charge in [0.1, 0.15) is 5.75 Å². The molecule has 132 valence electrons. The molecular weight excluding hydrogens is 336 g/mol. The molecule has 1 aliphatic carbocycles. The fraction of sp³-hybridized carbons (Fsp3) is 0.368. The molecule has 0 saturated carbocycles. The van der Waals surface area contributed by atoms with Gasteiger partial charge in [-0.1, -0.05) is 13.3 Å². The Balaban J connectivity index is 1.50. The number of hydrogen-bond acceptors (Lipinski definition) is 4. The van der Waals surface area contributed by atoms with Crippen molar-refractivity contribution in [1.29, 1.82) is 0 Å². The number of carbonyl (C=O) groups is 2. The van der Waals surface area contributed by atoms with Crippen LogP contribution in [0.3, 0.4) is 0 Å². The van der Waals surface area contributed by atoms with Crippen LogP contribution in [0, 0.1) is 0 Å². The number of thiophene rings is 1. The van der Waals surface area contributed by atoms with E-state index >= 15 is 0 Å². The number of carbonyl (C=O) groups excluding carboxylic acids is 2. The van der Waals surface area contributed by atoms with Crippen molar-refractivity contribution >= 4 is 23.2 Å². The van der Waals surface area contributed by atoms with Crippen LogP contribution in [-0.4, -0.2) is 18.4 Å². The number of amides is 2. The lowest BCUT2D eigenvalue weighted by atomic mass is 10.2. The summed E-state index contributed by atoms with van der Waals surface area (Å²) in [5, 5.41) is 0. The first kappa shape index (κ1) is 17.5. The Morgan fingerprint density at radius 3 is 2.60 bits per heavy atom. The van der Waals surface area contributed by atoms with E-state index in [1.807, 2.05) is 6.07 Å². The second-order valence-corrected chi connectivity index (χ2v) is 7.18. The first-order valence-electron chi connectivity index (χ1n) is 8.62. The summed E-state index contributed by atoms with van der Waals surface area (Å²) < 4.78 is 5.57. The normalized spacial score (nSPS) is 12.5. The minimum atomic E-state index is -0.349. The van der Waals surface area contributed by atoms with Crippen LogP contribution in [0.5, 0.6) is 5.75 Å². The minimum Gasteiger partial charge on any atom is -0.494 e. The molecular formula is C19H22N2O3S. The van der Waals surface area contributed by atoms with E-state index in [-0.39, 0.29) is 11.8 Å². The maximum atomic E-state index is 12.2. The third-order valence-corrected chi connectivity index (χ3v) is 5.38. The molecule has 0 saturated heterocycles. The van der Waals surface area contributed by atoms with Gasteiger partial charge in [-0.05, 0) is 61.6 Å². The number of fused-ring (bicyclic) bond motifs is 1. The molecule has 1 aromatic heterocycles. The largest absolute Gasteiger partial charge is 0.494 e. The van der Waals surface area contributed by atoms with Gasteiger partial charge in [-0.3, -0.25) is 20.4 Å². The Kier molecular flexibility index (Phi) is 5.71. The summed E-state index contributed by atoms with van der Waals surface area (Å²) in [5.74, 6) is 0.118. The van der Waals surface area contributed by atoms with Gasteiger partial charge in [0.2, 0.25) is 0 Å². The minimum absolute atomic E-state index is 0.271. The molecule has 3 rings (SSSR count). The highest BCUT2D eigenvalue weighted by molar-refractivity contribution is 7.14. The molecule has 0 radical (unpaired) electrons. The zero-order valence-corrected chi connectivity index (χ0v) is 15.1. The maximum absolute atomic E-state index is 12.2. The van der Waals surface area contributed by atoms with Crippen molar-refractivity contribution in [3.8, 4) is 5.75 Å². The Morgan fingerprint density at radius 2 is 1.88 bits per heavy atom. The predicted octanol–water partition coefficient (Wildman–Crippen LogP) is 3.49. The molecule has 6 heteroatoms. The first-order chi connectivity index (χ1) is 12.2. The standard InChI is InChI=1S/C19H22N2O3S/c1-2-3-11-24-15-9-7-13(8-10-15)18(22)20-21-19(23)17-12-14-5-4-6-16(14)25-17/h7-10,12H,2-6,11H2,1H3,(H,20,22)(H,21,23). The fourth-order valence-corrected chi connectivity index (χ4v) is 3.87. The summed E-state index contributed by atoms with van der Waals surface area (Å²) >= 11 is 1.51. The number of rotatable bonds is 6. The third-order valence-electron chi connectivity index (χ3n) is 4.14. The molecule has 25 heavy (non-hydrogen) atoms. The van der Waals surface area contributed by atoms with Gasteiger partial charge >= 0.3 is 0 Å². The van der Waals surface area contributed by atoms with Crippen LogP contribution in [0.2, 0.25) is 0 Å². The predicted molar refractivity (Wildman–Crippen MR) is 98.1 cm³/mol. The Hall–Kier alpha value is -2.34. The van der Waals surface area contributed by atoms with Gasteiger partial charge in [0.15, 0.2) is 0 Å². The molecule has 0 bridgehead atoms. The molecule has 0 spiro atoms. The molecule has 1 heterocycles.